The first-order chi connectivity index (χ1) is 13.9. The lowest BCUT2D eigenvalue weighted by atomic mass is 10.1. The van der Waals surface area contributed by atoms with E-state index in [9.17, 15) is 14.4 Å². The van der Waals surface area contributed by atoms with E-state index in [2.05, 4.69) is 29.7 Å². The number of aryl methyl sites for hydroxylation is 1. The van der Waals surface area contributed by atoms with Gasteiger partial charge in [0.1, 0.15) is 5.57 Å². The fourth-order valence-electron chi connectivity index (χ4n) is 3.66. The topological polar surface area (TPSA) is 62.6 Å². The van der Waals surface area contributed by atoms with Gasteiger partial charge in [0.15, 0.2) is 0 Å². The summed E-state index contributed by atoms with van der Waals surface area (Å²) in [6.07, 6.45) is 3.52. The van der Waals surface area contributed by atoms with Gasteiger partial charge in [0.25, 0.3) is 11.8 Å². The Kier molecular flexibility index (Phi) is 4.54. The standard InChI is InChI=1S/C23H21N3O3/c1-15-7-6-8-16(11-15)13-26-14-17(18-9-4-5-10-20(18)26)12-19-21(27)24(2)23(29)25(3)22(19)28/h4-12,14H,13H2,1-3H3. The van der Waals surface area contributed by atoms with E-state index in [-0.39, 0.29) is 5.57 Å². The number of carbonyl (C=O) groups excluding carboxylic acids is 3. The van der Waals surface area contributed by atoms with Crippen molar-refractivity contribution in [2.24, 2.45) is 0 Å². The molecule has 0 atom stereocenters. The van der Waals surface area contributed by atoms with E-state index in [1.807, 2.05) is 36.5 Å². The van der Waals surface area contributed by atoms with Crippen molar-refractivity contribution in [2.45, 2.75) is 13.5 Å². The normalized spacial score (nSPS) is 14.9. The van der Waals surface area contributed by atoms with E-state index in [0.717, 1.165) is 26.3 Å². The van der Waals surface area contributed by atoms with Crippen molar-refractivity contribution in [1.82, 2.24) is 14.4 Å². The number of amides is 4. The lowest BCUT2D eigenvalue weighted by molar-refractivity contribution is -0.134. The van der Waals surface area contributed by atoms with Crippen LogP contribution in [0.15, 0.2) is 60.3 Å². The van der Waals surface area contributed by atoms with Gasteiger partial charge in [-0.25, -0.2) is 4.79 Å². The van der Waals surface area contributed by atoms with Crippen molar-refractivity contribution in [2.75, 3.05) is 14.1 Å². The number of urea groups is 1. The summed E-state index contributed by atoms with van der Waals surface area (Å²) in [7, 11) is 2.75. The number of imide groups is 2. The van der Waals surface area contributed by atoms with Gasteiger partial charge in [0, 0.05) is 43.3 Å². The van der Waals surface area contributed by atoms with Gasteiger partial charge >= 0.3 is 6.03 Å². The molecule has 1 aliphatic rings. The Labute approximate surface area is 168 Å². The van der Waals surface area contributed by atoms with Crippen LogP contribution in [-0.4, -0.2) is 46.3 Å². The van der Waals surface area contributed by atoms with Crippen LogP contribution in [0.2, 0.25) is 0 Å². The molecule has 0 radical (unpaired) electrons. The zero-order valence-electron chi connectivity index (χ0n) is 16.5. The van der Waals surface area contributed by atoms with Crippen LogP contribution in [-0.2, 0) is 16.1 Å². The molecule has 0 spiro atoms. The highest BCUT2D eigenvalue weighted by Crippen LogP contribution is 2.26. The van der Waals surface area contributed by atoms with E-state index in [0.29, 0.717) is 6.54 Å². The van der Waals surface area contributed by atoms with Gasteiger partial charge in [-0.05, 0) is 24.6 Å². The summed E-state index contributed by atoms with van der Waals surface area (Å²) >= 11 is 0. The monoisotopic (exact) mass is 387 g/mol. The van der Waals surface area contributed by atoms with E-state index in [4.69, 9.17) is 0 Å². The Morgan fingerprint density at radius 2 is 1.59 bits per heavy atom. The summed E-state index contributed by atoms with van der Waals surface area (Å²) in [6.45, 7) is 2.73. The minimum Gasteiger partial charge on any atom is -0.342 e. The zero-order valence-corrected chi connectivity index (χ0v) is 16.5. The second kappa shape index (κ2) is 7.05. The number of fused-ring (bicyclic) bond motifs is 1. The minimum absolute atomic E-state index is 0.0203. The van der Waals surface area contributed by atoms with Crippen molar-refractivity contribution in [3.8, 4) is 0 Å². The second-order valence-corrected chi connectivity index (χ2v) is 7.29. The number of rotatable bonds is 3. The molecule has 0 saturated carbocycles. The highest BCUT2D eigenvalue weighted by Gasteiger charge is 2.37. The summed E-state index contributed by atoms with van der Waals surface area (Å²) < 4.78 is 2.10. The highest BCUT2D eigenvalue weighted by atomic mass is 16.2. The molecule has 1 saturated heterocycles. The average Bonchev–Trinajstić information content (AvgIpc) is 3.06. The summed E-state index contributed by atoms with van der Waals surface area (Å²) in [5.74, 6) is -1.18. The molecule has 1 aliphatic heterocycles. The molecule has 0 unspecified atom stereocenters. The summed E-state index contributed by atoms with van der Waals surface area (Å²) in [5.41, 5.74) is 4.11. The molecule has 4 amide bonds. The quantitative estimate of drug-likeness (QED) is 0.511. The number of barbiturate groups is 1. The Morgan fingerprint density at radius 1 is 0.897 bits per heavy atom. The first-order valence-electron chi connectivity index (χ1n) is 9.32. The fourth-order valence-corrected chi connectivity index (χ4v) is 3.66. The molecule has 0 bridgehead atoms. The summed E-state index contributed by atoms with van der Waals surface area (Å²) in [6, 6.07) is 15.5. The molecule has 146 valence electrons. The molecule has 29 heavy (non-hydrogen) atoms. The fraction of sp³-hybridized carbons (Fsp3) is 0.174. The Morgan fingerprint density at radius 3 is 2.28 bits per heavy atom. The Balaban J connectivity index is 1.81. The van der Waals surface area contributed by atoms with Crippen LogP contribution in [0.3, 0.4) is 0 Å². The van der Waals surface area contributed by atoms with Gasteiger partial charge in [-0.2, -0.15) is 0 Å². The molecule has 6 nitrogen and oxygen atoms in total. The Hall–Kier alpha value is -3.67. The molecule has 1 fully saturated rings. The number of para-hydroxylation sites is 1. The van der Waals surface area contributed by atoms with Crippen LogP contribution in [0.4, 0.5) is 4.79 Å². The van der Waals surface area contributed by atoms with Crippen molar-refractivity contribution in [1.29, 1.82) is 0 Å². The number of benzene rings is 2. The lowest BCUT2D eigenvalue weighted by Gasteiger charge is -2.28. The summed E-state index contributed by atoms with van der Waals surface area (Å²) in [5, 5.41) is 0.940. The number of hydrogen-bond donors (Lipinski definition) is 0. The molecular weight excluding hydrogens is 366 g/mol. The van der Waals surface area contributed by atoms with Crippen LogP contribution < -0.4 is 0 Å². The van der Waals surface area contributed by atoms with Crippen molar-refractivity contribution >= 4 is 34.8 Å². The van der Waals surface area contributed by atoms with E-state index < -0.39 is 17.8 Å². The number of carbonyl (C=O) groups is 3. The molecule has 0 N–H and O–H groups in total. The van der Waals surface area contributed by atoms with Gasteiger partial charge in [0.05, 0.1) is 0 Å². The SMILES string of the molecule is Cc1cccc(Cn2cc(C=C3C(=O)N(C)C(=O)N(C)C3=O)c3ccccc32)c1. The molecule has 0 aliphatic carbocycles. The number of aromatic nitrogens is 1. The molecule has 4 rings (SSSR count). The van der Waals surface area contributed by atoms with E-state index in [1.54, 1.807) is 6.08 Å². The maximum atomic E-state index is 12.5. The second-order valence-electron chi connectivity index (χ2n) is 7.29. The predicted octanol–water partition coefficient (Wildman–Crippen LogP) is 3.43. The Bertz CT molecular complexity index is 1160. The number of hydrogen-bond acceptors (Lipinski definition) is 3. The number of likely N-dealkylation sites (N-methyl/N-ethyl adjacent to an activating group) is 2. The first-order valence-corrected chi connectivity index (χ1v) is 9.32. The largest absolute Gasteiger partial charge is 0.342 e. The average molecular weight is 387 g/mol. The first kappa shape index (κ1) is 18.7. The van der Waals surface area contributed by atoms with Crippen LogP contribution in [0, 0.1) is 6.92 Å². The third-order valence-corrected chi connectivity index (χ3v) is 5.20. The van der Waals surface area contributed by atoms with Crippen LogP contribution in [0.5, 0.6) is 0 Å². The van der Waals surface area contributed by atoms with Crippen LogP contribution in [0.1, 0.15) is 16.7 Å². The van der Waals surface area contributed by atoms with Gasteiger partial charge < -0.3 is 4.57 Å². The maximum Gasteiger partial charge on any atom is 0.333 e. The molecule has 2 aromatic carbocycles. The van der Waals surface area contributed by atoms with Crippen LogP contribution >= 0.6 is 0 Å². The summed E-state index contributed by atoms with van der Waals surface area (Å²) in [4.78, 5) is 39.0. The van der Waals surface area contributed by atoms with Gasteiger partial charge in [-0.15, -0.1) is 0 Å². The zero-order chi connectivity index (χ0) is 20.7. The molecule has 6 heteroatoms. The smallest absolute Gasteiger partial charge is 0.333 e. The lowest BCUT2D eigenvalue weighted by Crippen LogP contribution is -2.52. The van der Waals surface area contributed by atoms with Gasteiger partial charge in [-0.3, -0.25) is 19.4 Å². The predicted molar refractivity (Wildman–Crippen MR) is 111 cm³/mol. The third-order valence-electron chi connectivity index (χ3n) is 5.20. The van der Waals surface area contributed by atoms with E-state index >= 15 is 0 Å². The molecule has 2 heterocycles. The molecule has 1 aromatic heterocycles. The third kappa shape index (κ3) is 3.23. The maximum absolute atomic E-state index is 12.5. The number of nitrogens with zero attached hydrogens (tertiary/aromatic N) is 3. The van der Waals surface area contributed by atoms with Crippen molar-refractivity contribution in [3.63, 3.8) is 0 Å². The highest BCUT2D eigenvalue weighted by molar-refractivity contribution is 6.31. The minimum atomic E-state index is -0.626. The van der Waals surface area contributed by atoms with Crippen LogP contribution in [0.25, 0.3) is 17.0 Å². The van der Waals surface area contributed by atoms with Crippen molar-refractivity contribution in [3.05, 3.63) is 77.0 Å². The van der Waals surface area contributed by atoms with Gasteiger partial charge in [-0.1, -0.05) is 48.0 Å². The molecular formula is C23H21N3O3. The van der Waals surface area contributed by atoms with Gasteiger partial charge in [0.2, 0.25) is 0 Å². The van der Waals surface area contributed by atoms with Crippen molar-refractivity contribution < 1.29 is 14.4 Å². The molecule has 3 aromatic rings. The van der Waals surface area contributed by atoms with E-state index in [1.165, 1.54) is 25.2 Å².